The van der Waals surface area contributed by atoms with Crippen LogP contribution in [0.15, 0.2) is 47.1 Å². The van der Waals surface area contributed by atoms with E-state index in [0.29, 0.717) is 17.9 Å². The third-order valence-electron chi connectivity index (χ3n) is 3.93. The maximum atomic E-state index is 12.1. The van der Waals surface area contributed by atoms with Crippen LogP contribution in [0.5, 0.6) is 0 Å². The zero-order chi connectivity index (χ0) is 13.3. The highest BCUT2D eigenvalue weighted by Crippen LogP contribution is 2.47. The Labute approximate surface area is 112 Å². The largest absolute Gasteiger partial charge is 0.469 e. The van der Waals surface area contributed by atoms with Crippen molar-refractivity contribution in [2.75, 3.05) is 6.54 Å². The minimum absolute atomic E-state index is 0.0477. The zero-order valence-corrected chi connectivity index (χ0v) is 11.0. The zero-order valence-electron chi connectivity index (χ0n) is 11.0. The molecule has 0 spiro atoms. The number of carbonyl (C=O) groups is 1. The van der Waals surface area contributed by atoms with E-state index < -0.39 is 0 Å². The second-order valence-corrected chi connectivity index (χ2v) is 5.22. The number of aryl methyl sites for hydroxylation is 1. The van der Waals surface area contributed by atoms with Gasteiger partial charge in [0, 0.05) is 12.0 Å². The first-order chi connectivity index (χ1) is 9.21. The Balaban J connectivity index is 1.67. The number of hydrogen-bond donors (Lipinski definition) is 1. The van der Waals surface area contributed by atoms with Crippen molar-refractivity contribution in [1.29, 1.82) is 0 Å². The molecule has 98 valence electrons. The van der Waals surface area contributed by atoms with Crippen LogP contribution in [-0.4, -0.2) is 12.5 Å². The SMILES string of the molecule is Cc1occc1C(=O)NCC1(c2ccccc2)CC1. The van der Waals surface area contributed by atoms with Gasteiger partial charge in [-0.25, -0.2) is 0 Å². The summed E-state index contributed by atoms with van der Waals surface area (Å²) in [6, 6.07) is 12.1. The first-order valence-corrected chi connectivity index (χ1v) is 6.59. The van der Waals surface area contributed by atoms with Crippen molar-refractivity contribution in [3.8, 4) is 0 Å². The number of nitrogens with one attached hydrogen (secondary N) is 1. The van der Waals surface area contributed by atoms with Crippen molar-refractivity contribution in [3.63, 3.8) is 0 Å². The lowest BCUT2D eigenvalue weighted by molar-refractivity contribution is 0.0948. The number of carbonyl (C=O) groups excluding carboxylic acids is 1. The van der Waals surface area contributed by atoms with Gasteiger partial charge in [-0.3, -0.25) is 4.79 Å². The van der Waals surface area contributed by atoms with Gasteiger partial charge in [0.2, 0.25) is 0 Å². The molecule has 0 aliphatic heterocycles. The van der Waals surface area contributed by atoms with Crippen molar-refractivity contribution < 1.29 is 9.21 Å². The first kappa shape index (κ1) is 12.0. The third-order valence-corrected chi connectivity index (χ3v) is 3.93. The summed E-state index contributed by atoms with van der Waals surface area (Å²) in [5.74, 6) is 0.621. The van der Waals surface area contributed by atoms with E-state index in [-0.39, 0.29) is 11.3 Å². The Morgan fingerprint density at radius 3 is 2.58 bits per heavy atom. The molecule has 1 aromatic carbocycles. The van der Waals surface area contributed by atoms with E-state index in [9.17, 15) is 4.79 Å². The van der Waals surface area contributed by atoms with Gasteiger partial charge in [-0.1, -0.05) is 30.3 Å². The summed E-state index contributed by atoms with van der Waals surface area (Å²) in [7, 11) is 0. The third kappa shape index (κ3) is 2.28. The lowest BCUT2D eigenvalue weighted by Crippen LogP contribution is -2.32. The van der Waals surface area contributed by atoms with Crippen LogP contribution < -0.4 is 5.32 Å². The summed E-state index contributed by atoms with van der Waals surface area (Å²) in [5.41, 5.74) is 2.09. The van der Waals surface area contributed by atoms with Crippen LogP contribution in [0.1, 0.15) is 34.5 Å². The molecule has 1 aromatic heterocycles. The molecule has 0 saturated heterocycles. The van der Waals surface area contributed by atoms with Gasteiger partial charge in [-0.2, -0.15) is 0 Å². The smallest absolute Gasteiger partial charge is 0.254 e. The number of rotatable bonds is 4. The maximum Gasteiger partial charge on any atom is 0.254 e. The van der Waals surface area contributed by atoms with Gasteiger partial charge in [0.25, 0.3) is 5.91 Å². The van der Waals surface area contributed by atoms with E-state index in [0.717, 1.165) is 12.8 Å². The van der Waals surface area contributed by atoms with Gasteiger partial charge in [-0.05, 0) is 31.4 Å². The van der Waals surface area contributed by atoms with Crippen LogP contribution in [0.2, 0.25) is 0 Å². The van der Waals surface area contributed by atoms with Crippen molar-refractivity contribution in [1.82, 2.24) is 5.32 Å². The molecule has 0 atom stereocenters. The normalized spacial score (nSPS) is 16.1. The molecule has 0 bridgehead atoms. The molecule has 1 N–H and O–H groups in total. The van der Waals surface area contributed by atoms with Crippen LogP contribution in [0.4, 0.5) is 0 Å². The molecule has 1 amide bonds. The molecule has 1 fully saturated rings. The second-order valence-electron chi connectivity index (χ2n) is 5.22. The minimum atomic E-state index is -0.0477. The van der Waals surface area contributed by atoms with Gasteiger partial charge in [0.1, 0.15) is 5.76 Å². The molecule has 2 aromatic rings. The van der Waals surface area contributed by atoms with Crippen molar-refractivity contribution in [2.45, 2.75) is 25.2 Å². The average Bonchev–Trinajstić information content (AvgIpc) is 3.12. The molecule has 0 unspecified atom stereocenters. The number of hydrogen-bond acceptors (Lipinski definition) is 2. The van der Waals surface area contributed by atoms with Crippen molar-refractivity contribution in [3.05, 3.63) is 59.5 Å². The summed E-state index contributed by atoms with van der Waals surface area (Å²) >= 11 is 0. The minimum Gasteiger partial charge on any atom is -0.469 e. The van der Waals surface area contributed by atoms with Gasteiger partial charge >= 0.3 is 0 Å². The summed E-state index contributed by atoms with van der Waals surface area (Å²) in [6.07, 6.45) is 3.83. The predicted octanol–water partition coefficient (Wildman–Crippen LogP) is 3.05. The van der Waals surface area contributed by atoms with Gasteiger partial charge in [0.15, 0.2) is 0 Å². The fourth-order valence-corrected chi connectivity index (χ4v) is 2.48. The Hall–Kier alpha value is -2.03. The topological polar surface area (TPSA) is 42.2 Å². The van der Waals surface area contributed by atoms with Gasteiger partial charge in [0.05, 0.1) is 11.8 Å². The fraction of sp³-hybridized carbons (Fsp3) is 0.312. The molecule has 1 saturated carbocycles. The Morgan fingerprint density at radius 2 is 2.00 bits per heavy atom. The highest BCUT2D eigenvalue weighted by molar-refractivity contribution is 5.95. The second kappa shape index (κ2) is 4.57. The van der Waals surface area contributed by atoms with E-state index >= 15 is 0 Å². The van der Waals surface area contributed by atoms with Crippen molar-refractivity contribution in [2.24, 2.45) is 0 Å². The molecule has 3 rings (SSSR count). The molecular formula is C16H17NO2. The molecule has 3 nitrogen and oxygen atoms in total. The van der Waals surface area contributed by atoms with Crippen molar-refractivity contribution >= 4 is 5.91 Å². The summed E-state index contributed by atoms with van der Waals surface area (Å²) in [4.78, 5) is 12.1. The standard InChI is InChI=1S/C16H17NO2/c1-12-14(7-10-19-12)15(18)17-11-16(8-9-16)13-5-3-2-4-6-13/h2-7,10H,8-9,11H2,1H3,(H,17,18). The Bertz CT molecular complexity index is 582. The fourth-order valence-electron chi connectivity index (χ4n) is 2.48. The van der Waals surface area contributed by atoms with E-state index in [1.165, 1.54) is 5.56 Å². The molecule has 1 aliphatic carbocycles. The molecule has 3 heteroatoms. The number of benzene rings is 1. The van der Waals surface area contributed by atoms with Crippen LogP contribution in [0, 0.1) is 6.92 Å². The predicted molar refractivity (Wildman–Crippen MR) is 73.1 cm³/mol. The summed E-state index contributed by atoms with van der Waals surface area (Å²) in [6.45, 7) is 2.50. The van der Waals surface area contributed by atoms with E-state index in [1.807, 2.05) is 6.07 Å². The van der Waals surface area contributed by atoms with E-state index in [1.54, 1.807) is 19.3 Å². The highest BCUT2D eigenvalue weighted by atomic mass is 16.3. The van der Waals surface area contributed by atoms with Crippen LogP contribution in [0.3, 0.4) is 0 Å². The van der Waals surface area contributed by atoms with Crippen LogP contribution in [-0.2, 0) is 5.41 Å². The van der Waals surface area contributed by atoms with Crippen LogP contribution in [0.25, 0.3) is 0 Å². The molecule has 1 heterocycles. The van der Waals surface area contributed by atoms with E-state index in [4.69, 9.17) is 4.42 Å². The van der Waals surface area contributed by atoms with Gasteiger partial charge < -0.3 is 9.73 Å². The monoisotopic (exact) mass is 255 g/mol. The first-order valence-electron chi connectivity index (χ1n) is 6.59. The number of amides is 1. The highest BCUT2D eigenvalue weighted by Gasteiger charge is 2.44. The quantitative estimate of drug-likeness (QED) is 0.912. The lowest BCUT2D eigenvalue weighted by atomic mass is 9.96. The summed E-state index contributed by atoms with van der Waals surface area (Å²) in [5, 5.41) is 3.03. The van der Waals surface area contributed by atoms with Gasteiger partial charge in [-0.15, -0.1) is 0 Å². The van der Waals surface area contributed by atoms with Crippen LogP contribution >= 0.6 is 0 Å². The molecule has 1 aliphatic rings. The molecule has 0 radical (unpaired) electrons. The molecular weight excluding hydrogens is 238 g/mol. The lowest BCUT2D eigenvalue weighted by Gasteiger charge is -2.16. The maximum absolute atomic E-state index is 12.1. The van der Waals surface area contributed by atoms with E-state index in [2.05, 4.69) is 29.6 Å². The number of furan rings is 1. The Morgan fingerprint density at radius 1 is 1.26 bits per heavy atom. The Kier molecular flexibility index (Phi) is 2.90. The average molecular weight is 255 g/mol. The summed E-state index contributed by atoms with van der Waals surface area (Å²) < 4.78 is 5.16. The molecule has 19 heavy (non-hydrogen) atoms.